The molecular formula is C14H22N4O. The Balaban J connectivity index is 1.67. The molecule has 1 aromatic heterocycles. The van der Waals surface area contributed by atoms with E-state index in [1.807, 2.05) is 12.4 Å². The average molecular weight is 262 g/mol. The van der Waals surface area contributed by atoms with Crippen molar-refractivity contribution in [3.8, 4) is 0 Å². The van der Waals surface area contributed by atoms with Crippen molar-refractivity contribution in [3.63, 3.8) is 0 Å². The second-order valence-corrected chi connectivity index (χ2v) is 5.50. The summed E-state index contributed by atoms with van der Waals surface area (Å²) in [4.78, 5) is 13.9. The molecular weight excluding hydrogens is 240 g/mol. The summed E-state index contributed by atoms with van der Waals surface area (Å²) >= 11 is 0. The summed E-state index contributed by atoms with van der Waals surface area (Å²) in [5, 5.41) is 0. The Morgan fingerprint density at radius 3 is 2.68 bits per heavy atom. The second kappa shape index (κ2) is 5.84. The molecule has 0 spiro atoms. The predicted molar refractivity (Wildman–Crippen MR) is 74.5 cm³/mol. The topological polar surface area (TPSA) is 41.5 Å². The van der Waals surface area contributed by atoms with Gasteiger partial charge in [0.25, 0.3) is 0 Å². The fourth-order valence-electron chi connectivity index (χ4n) is 2.91. The number of likely N-dealkylation sites (N-methyl/N-ethyl adjacent to an activating group) is 1. The van der Waals surface area contributed by atoms with Crippen molar-refractivity contribution in [2.45, 2.75) is 18.8 Å². The van der Waals surface area contributed by atoms with Crippen molar-refractivity contribution in [3.05, 3.63) is 18.1 Å². The molecule has 2 fully saturated rings. The average Bonchev–Trinajstić information content (AvgIpc) is 2.48. The second-order valence-electron chi connectivity index (χ2n) is 5.50. The number of rotatable bonds is 2. The van der Waals surface area contributed by atoms with Crippen LogP contribution in [0.15, 0.2) is 12.4 Å². The molecule has 0 aromatic carbocycles. The number of hydrogen-bond donors (Lipinski definition) is 0. The first-order chi connectivity index (χ1) is 9.33. The summed E-state index contributed by atoms with van der Waals surface area (Å²) in [6, 6.07) is 0. The third kappa shape index (κ3) is 3.04. The summed E-state index contributed by atoms with van der Waals surface area (Å²) < 4.78 is 5.36. The Bertz CT molecular complexity index is 402. The molecule has 5 nitrogen and oxygen atoms in total. The molecule has 3 rings (SSSR count). The van der Waals surface area contributed by atoms with Crippen LogP contribution >= 0.6 is 0 Å². The van der Waals surface area contributed by atoms with Gasteiger partial charge < -0.3 is 14.5 Å². The molecule has 1 atom stereocenters. The molecule has 5 heteroatoms. The number of likely N-dealkylation sites (tertiary alicyclic amines) is 1. The lowest BCUT2D eigenvalue weighted by molar-refractivity contribution is 0.122. The van der Waals surface area contributed by atoms with Crippen LogP contribution in [0.25, 0.3) is 0 Å². The zero-order valence-electron chi connectivity index (χ0n) is 11.6. The zero-order chi connectivity index (χ0) is 13.1. The van der Waals surface area contributed by atoms with Crippen LogP contribution in [-0.4, -0.2) is 61.3 Å². The molecule has 1 unspecified atom stereocenters. The quantitative estimate of drug-likeness (QED) is 0.799. The Kier molecular flexibility index (Phi) is 3.94. The van der Waals surface area contributed by atoms with Crippen molar-refractivity contribution in [1.82, 2.24) is 14.9 Å². The van der Waals surface area contributed by atoms with Gasteiger partial charge in [0, 0.05) is 25.6 Å². The van der Waals surface area contributed by atoms with Crippen LogP contribution in [-0.2, 0) is 4.74 Å². The van der Waals surface area contributed by atoms with Crippen molar-refractivity contribution in [2.75, 3.05) is 51.3 Å². The summed E-state index contributed by atoms with van der Waals surface area (Å²) in [5.74, 6) is 1.53. The number of aromatic nitrogens is 2. The maximum absolute atomic E-state index is 5.36. The summed E-state index contributed by atoms with van der Waals surface area (Å²) in [7, 11) is 2.18. The van der Waals surface area contributed by atoms with Gasteiger partial charge >= 0.3 is 0 Å². The fourth-order valence-corrected chi connectivity index (χ4v) is 2.91. The van der Waals surface area contributed by atoms with Crippen LogP contribution in [0.3, 0.4) is 0 Å². The SMILES string of the molecule is CN1CCCC(c2cnc(N3CCOCC3)cn2)C1. The molecule has 0 aliphatic carbocycles. The molecule has 0 saturated carbocycles. The molecule has 0 N–H and O–H groups in total. The minimum Gasteiger partial charge on any atom is -0.378 e. The fraction of sp³-hybridized carbons (Fsp3) is 0.714. The Hall–Kier alpha value is -1.20. The normalized spacial score (nSPS) is 25.5. The van der Waals surface area contributed by atoms with Gasteiger partial charge in [-0.25, -0.2) is 4.98 Å². The van der Waals surface area contributed by atoms with Gasteiger partial charge in [-0.1, -0.05) is 0 Å². The molecule has 0 amide bonds. The van der Waals surface area contributed by atoms with E-state index >= 15 is 0 Å². The van der Waals surface area contributed by atoms with Crippen LogP contribution < -0.4 is 4.90 Å². The van der Waals surface area contributed by atoms with E-state index in [1.165, 1.54) is 19.4 Å². The van der Waals surface area contributed by atoms with E-state index in [4.69, 9.17) is 4.74 Å². The first-order valence-corrected chi connectivity index (χ1v) is 7.16. The first kappa shape index (κ1) is 12.8. The van der Waals surface area contributed by atoms with E-state index in [1.54, 1.807) is 0 Å². The predicted octanol–water partition coefficient (Wildman–Crippen LogP) is 1.12. The van der Waals surface area contributed by atoms with Gasteiger partial charge in [0.2, 0.25) is 0 Å². The smallest absolute Gasteiger partial charge is 0.147 e. The monoisotopic (exact) mass is 262 g/mol. The molecule has 2 saturated heterocycles. The summed E-state index contributed by atoms with van der Waals surface area (Å²) in [5.41, 5.74) is 1.14. The molecule has 3 heterocycles. The highest BCUT2D eigenvalue weighted by Gasteiger charge is 2.21. The standard InChI is InChI=1S/C14H22N4O/c1-17-4-2-3-12(11-17)13-9-16-14(10-15-13)18-5-7-19-8-6-18/h9-10,12H,2-8,11H2,1H3. The van der Waals surface area contributed by atoms with Gasteiger partial charge in [0.05, 0.1) is 31.3 Å². The lowest BCUT2D eigenvalue weighted by atomic mass is 9.95. The molecule has 2 aliphatic heterocycles. The van der Waals surface area contributed by atoms with Crippen molar-refractivity contribution < 1.29 is 4.74 Å². The van der Waals surface area contributed by atoms with Crippen molar-refractivity contribution in [2.24, 2.45) is 0 Å². The van der Waals surface area contributed by atoms with Crippen LogP contribution in [0, 0.1) is 0 Å². The van der Waals surface area contributed by atoms with Gasteiger partial charge in [0.15, 0.2) is 0 Å². The molecule has 0 radical (unpaired) electrons. The van der Waals surface area contributed by atoms with Crippen LogP contribution in [0.2, 0.25) is 0 Å². The van der Waals surface area contributed by atoms with Gasteiger partial charge in [-0.05, 0) is 26.4 Å². The number of ether oxygens (including phenoxy) is 1. The van der Waals surface area contributed by atoms with E-state index in [-0.39, 0.29) is 0 Å². The molecule has 104 valence electrons. The largest absolute Gasteiger partial charge is 0.378 e. The highest BCUT2D eigenvalue weighted by molar-refractivity contribution is 5.36. The van der Waals surface area contributed by atoms with Gasteiger partial charge in [-0.3, -0.25) is 4.98 Å². The maximum atomic E-state index is 5.36. The van der Waals surface area contributed by atoms with E-state index in [0.717, 1.165) is 44.4 Å². The third-order valence-electron chi connectivity index (χ3n) is 4.04. The minimum atomic E-state index is 0.546. The van der Waals surface area contributed by atoms with Crippen molar-refractivity contribution >= 4 is 5.82 Å². The molecule has 0 bridgehead atoms. The summed E-state index contributed by atoms with van der Waals surface area (Å²) in [6.07, 6.45) is 6.38. The first-order valence-electron chi connectivity index (χ1n) is 7.16. The van der Waals surface area contributed by atoms with Crippen LogP contribution in [0.1, 0.15) is 24.5 Å². The maximum Gasteiger partial charge on any atom is 0.147 e. The Morgan fingerprint density at radius 2 is 2.00 bits per heavy atom. The Labute approximate surface area is 114 Å². The van der Waals surface area contributed by atoms with E-state index < -0.39 is 0 Å². The highest BCUT2D eigenvalue weighted by Crippen LogP contribution is 2.24. The number of piperidine rings is 1. The van der Waals surface area contributed by atoms with Crippen molar-refractivity contribution in [1.29, 1.82) is 0 Å². The number of nitrogens with zero attached hydrogens (tertiary/aromatic N) is 4. The molecule has 1 aromatic rings. The van der Waals surface area contributed by atoms with Gasteiger partial charge in [-0.15, -0.1) is 0 Å². The van der Waals surface area contributed by atoms with Gasteiger partial charge in [-0.2, -0.15) is 0 Å². The zero-order valence-corrected chi connectivity index (χ0v) is 11.6. The Morgan fingerprint density at radius 1 is 1.16 bits per heavy atom. The third-order valence-corrected chi connectivity index (χ3v) is 4.04. The summed E-state index contributed by atoms with van der Waals surface area (Å²) in [6.45, 7) is 5.72. The molecule has 19 heavy (non-hydrogen) atoms. The highest BCUT2D eigenvalue weighted by atomic mass is 16.5. The van der Waals surface area contributed by atoms with Crippen LogP contribution in [0.4, 0.5) is 5.82 Å². The van der Waals surface area contributed by atoms with Gasteiger partial charge in [0.1, 0.15) is 5.82 Å². The number of hydrogen-bond acceptors (Lipinski definition) is 5. The van der Waals surface area contributed by atoms with E-state index in [9.17, 15) is 0 Å². The van der Waals surface area contributed by atoms with Crippen LogP contribution in [0.5, 0.6) is 0 Å². The minimum absolute atomic E-state index is 0.546. The lowest BCUT2D eigenvalue weighted by Crippen LogP contribution is -2.37. The number of morpholine rings is 1. The van der Waals surface area contributed by atoms with E-state index in [2.05, 4.69) is 26.8 Å². The lowest BCUT2D eigenvalue weighted by Gasteiger charge is -2.30. The molecule has 2 aliphatic rings. The number of anilines is 1. The van der Waals surface area contributed by atoms with E-state index in [0.29, 0.717) is 5.92 Å².